The van der Waals surface area contributed by atoms with E-state index in [0.717, 1.165) is 12.8 Å². The van der Waals surface area contributed by atoms with E-state index in [1.54, 1.807) is 35.3 Å². The van der Waals surface area contributed by atoms with E-state index >= 15 is 0 Å². The molecule has 0 atom stereocenters. The summed E-state index contributed by atoms with van der Waals surface area (Å²) in [6.07, 6.45) is 5.45. The van der Waals surface area contributed by atoms with Crippen LogP contribution in [-0.2, 0) is 11.3 Å². The maximum Gasteiger partial charge on any atom is 0.244 e. The number of carbonyl (C=O) groups excluding carboxylic acids is 1. The summed E-state index contributed by atoms with van der Waals surface area (Å²) in [7, 11) is 1.54. The quantitative estimate of drug-likeness (QED) is 0.713. The lowest BCUT2D eigenvalue weighted by atomic mass is 10.3. The van der Waals surface area contributed by atoms with Crippen molar-refractivity contribution in [3.63, 3.8) is 0 Å². The molecule has 8 nitrogen and oxygen atoms in total. The Morgan fingerprint density at radius 1 is 1.46 bits per heavy atom. The summed E-state index contributed by atoms with van der Waals surface area (Å²) < 4.78 is 12.0. The first-order chi connectivity index (χ1) is 12.6. The second-order valence-corrected chi connectivity index (χ2v) is 6.47. The Morgan fingerprint density at radius 3 is 3.04 bits per heavy atom. The van der Waals surface area contributed by atoms with Crippen molar-refractivity contribution in [2.75, 3.05) is 12.4 Å². The molecule has 0 aliphatic heterocycles. The third kappa shape index (κ3) is 3.55. The largest absolute Gasteiger partial charge is 0.495 e. The highest BCUT2D eigenvalue weighted by molar-refractivity contribution is 6.32. The van der Waals surface area contributed by atoms with E-state index in [4.69, 9.17) is 20.9 Å². The number of ether oxygens (including phenoxy) is 1. The first kappa shape index (κ1) is 16.6. The zero-order valence-electron chi connectivity index (χ0n) is 14.0. The summed E-state index contributed by atoms with van der Waals surface area (Å²) in [4.78, 5) is 20.8. The van der Waals surface area contributed by atoms with E-state index in [1.165, 1.54) is 7.11 Å². The maximum absolute atomic E-state index is 12.2. The van der Waals surface area contributed by atoms with Crippen LogP contribution < -0.4 is 10.1 Å². The molecule has 4 rings (SSSR count). The van der Waals surface area contributed by atoms with Gasteiger partial charge in [0.05, 0.1) is 18.5 Å². The van der Waals surface area contributed by atoms with Gasteiger partial charge in [0.1, 0.15) is 18.0 Å². The number of aromatic nitrogens is 4. The third-order valence-electron chi connectivity index (χ3n) is 3.99. The monoisotopic (exact) mass is 373 g/mol. The zero-order chi connectivity index (χ0) is 18.1. The summed E-state index contributed by atoms with van der Waals surface area (Å²) >= 11 is 6.06. The molecule has 0 saturated heterocycles. The molecule has 9 heteroatoms. The Hall–Kier alpha value is -2.87. The molecule has 2 heterocycles. The Kier molecular flexibility index (Phi) is 4.34. The van der Waals surface area contributed by atoms with Crippen molar-refractivity contribution in [2.24, 2.45) is 0 Å². The number of anilines is 1. The Labute approximate surface area is 154 Å². The van der Waals surface area contributed by atoms with Gasteiger partial charge in [-0.15, -0.1) is 0 Å². The molecule has 1 aliphatic rings. The Bertz CT molecular complexity index is 948. The Morgan fingerprint density at radius 2 is 2.31 bits per heavy atom. The molecule has 0 unspecified atom stereocenters. The topological polar surface area (TPSA) is 95.1 Å². The summed E-state index contributed by atoms with van der Waals surface area (Å²) in [5, 5.41) is 7.16. The van der Waals surface area contributed by atoms with Crippen molar-refractivity contribution in [2.45, 2.75) is 25.3 Å². The molecule has 1 N–H and O–H groups in total. The number of imidazole rings is 1. The average molecular weight is 374 g/mol. The molecule has 1 amide bonds. The number of carbonyl (C=O) groups is 1. The van der Waals surface area contributed by atoms with Crippen molar-refractivity contribution in [3.05, 3.63) is 41.6 Å². The molecular weight excluding hydrogens is 358 g/mol. The number of benzene rings is 1. The molecule has 3 aromatic rings. The molecule has 0 radical (unpaired) electrons. The van der Waals surface area contributed by atoms with Crippen molar-refractivity contribution in [3.8, 4) is 17.3 Å². The van der Waals surface area contributed by atoms with Gasteiger partial charge in [-0.2, -0.15) is 4.98 Å². The number of hydrogen-bond acceptors (Lipinski definition) is 6. The highest BCUT2D eigenvalue weighted by Crippen LogP contribution is 2.39. The highest BCUT2D eigenvalue weighted by atomic mass is 35.5. The predicted octanol–water partition coefficient (Wildman–Crippen LogP) is 3.11. The van der Waals surface area contributed by atoms with Crippen LogP contribution in [0.15, 0.2) is 35.2 Å². The molecule has 26 heavy (non-hydrogen) atoms. The van der Waals surface area contributed by atoms with Crippen LogP contribution in [0.1, 0.15) is 24.7 Å². The van der Waals surface area contributed by atoms with Gasteiger partial charge in [-0.3, -0.25) is 4.79 Å². The van der Waals surface area contributed by atoms with Crippen LogP contribution in [0.25, 0.3) is 11.5 Å². The standard InChI is InChI=1S/C17H16ClN5O3/c1-25-14-5-4-11(6-12(14)18)20-15(24)8-23-7-13(19-9-23)16-21-17(26-22-16)10-2-3-10/h4-7,9-10H,2-3,8H2,1H3,(H,20,24). The van der Waals surface area contributed by atoms with Gasteiger partial charge in [-0.25, -0.2) is 4.98 Å². The highest BCUT2D eigenvalue weighted by Gasteiger charge is 2.30. The summed E-state index contributed by atoms with van der Waals surface area (Å²) in [5.41, 5.74) is 1.16. The fraction of sp³-hybridized carbons (Fsp3) is 0.294. The SMILES string of the molecule is COc1ccc(NC(=O)Cn2cnc(-c3noc(C4CC4)n3)c2)cc1Cl. The molecule has 2 aromatic heterocycles. The number of amides is 1. The van der Waals surface area contributed by atoms with Crippen LogP contribution >= 0.6 is 11.6 Å². The van der Waals surface area contributed by atoms with E-state index in [2.05, 4.69) is 20.4 Å². The Balaban J connectivity index is 1.40. The number of nitrogens with one attached hydrogen (secondary N) is 1. The fourth-order valence-corrected chi connectivity index (χ4v) is 2.77. The van der Waals surface area contributed by atoms with Crippen LogP contribution in [0.4, 0.5) is 5.69 Å². The first-order valence-corrected chi connectivity index (χ1v) is 8.49. The molecule has 0 spiro atoms. The van der Waals surface area contributed by atoms with Crippen LogP contribution in [0.3, 0.4) is 0 Å². The number of halogens is 1. The predicted molar refractivity (Wildman–Crippen MR) is 94.1 cm³/mol. The van der Waals surface area contributed by atoms with E-state index in [9.17, 15) is 4.79 Å². The lowest BCUT2D eigenvalue weighted by Crippen LogP contribution is -2.17. The second-order valence-electron chi connectivity index (χ2n) is 6.06. The first-order valence-electron chi connectivity index (χ1n) is 8.11. The van der Waals surface area contributed by atoms with Crippen LogP contribution in [-0.4, -0.2) is 32.7 Å². The number of hydrogen-bond donors (Lipinski definition) is 1. The summed E-state index contributed by atoms with van der Waals surface area (Å²) in [6, 6.07) is 5.05. The minimum atomic E-state index is -0.207. The van der Waals surface area contributed by atoms with E-state index in [1.807, 2.05) is 0 Å². The smallest absolute Gasteiger partial charge is 0.244 e. The van der Waals surface area contributed by atoms with Crippen molar-refractivity contribution < 1.29 is 14.1 Å². The van der Waals surface area contributed by atoms with Gasteiger partial charge >= 0.3 is 0 Å². The molecular formula is C17H16ClN5O3. The van der Waals surface area contributed by atoms with E-state index in [-0.39, 0.29) is 12.5 Å². The minimum absolute atomic E-state index is 0.101. The van der Waals surface area contributed by atoms with Gasteiger partial charge in [0.25, 0.3) is 0 Å². The van der Waals surface area contributed by atoms with Crippen LogP contribution in [0.2, 0.25) is 5.02 Å². The molecule has 0 bridgehead atoms. The zero-order valence-corrected chi connectivity index (χ0v) is 14.7. The molecule has 1 saturated carbocycles. The van der Waals surface area contributed by atoms with E-state index in [0.29, 0.717) is 39.8 Å². The second kappa shape index (κ2) is 6.80. The van der Waals surface area contributed by atoms with E-state index < -0.39 is 0 Å². The van der Waals surface area contributed by atoms with Crippen molar-refractivity contribution >= 4 is 23.2 Å². The lowest BCUT2D eigenvalue weighted by Gasteiger charge is -2.08. The summed E-state index contributed by atoms with van der Waals surface area (Å²) in [6.45, 7) is 0.101. The molecule has 1 aliphatic carbocycles. The number of rotatable bonds is 6. The minimum Gasteiger partial charge on any atom is -0.495 e. The van der Waals surface area contributed by atoms with Crippen LogP contribution in [0, 0.1) is 0 Å². The van der Waals surface area contributed by atoms with Gasteiger partial charge in [0.2, 0.25) is 17.6 Å². The molecule has 1 aromatic carbocycles. The molecule has 1 fully saturated rings. The lowest BCUT2D eigenvalue weighted by molar-refractivity contribution is -0.116. The van der Waals surface area contributed by atoms with Gasteiger partial charge in [-0.05, 0) is 31.0 Å². The van der Waals surface area contributed by atoms with Gasteiger partial charge < -0.3 is 19.1 Å². The van der Waals surface area contributed by atoms with Gasteiger partial charge in [0, 0.05) is 17.8 Å². The van der Waals surface area contributed by atoms with Gasteiger partial charge in [0.15, 0.2) is 0 Å². The van der Waals surface area contributed by atoms with Crippen molar-refractivity contribution in [1.29, 1.82) is 0 Å². The van der Waals surface area contributed by atoms with Crippen molar-refractivity contribution in [1.82, 2.24) is 19.7 Å². The van der Waals surface area contributed by atoms with Gasteiger partial charge in [-0.1, -0.05) is 16.8 Å². The van der Waals surface area contributed by atoms with Crippen LogP contribution in [0.5, 0.6) is 5.75 Å². The molecule has 134 valence electrons. The third-order valence-corrected chi connectivity index (χ3v) is 4.29. The summed E-state index contributed by atoms with van der Waals surface area (Å²) in [5.74, 6) is 1.83. The normalized spacial score (nSPS) is 13.6. The maximum atomic E-state index is 12.2. The average Bonchev–Trinajstić information content (AvgIpc) is 3.16. The fourth-order valence-electron chi connectivity index (χ4n) is 2.51. The number of methoxy groups -OCH3 is 1. The number of nitrogens with zero attached hydrogens (tertiary/aromatic N) is 4.